The minimum absolute atomic E-state index is 0.0348. The van der Waals surface area contributed by atoms with Gasteiger partial charge in [0.25, 0.3) is 5.91 Å². The SMILES string of the molecule is CN(CCC(N)=O)c1ccc(C(=O)N2CCC[C@H](c3ccccc3)CC2)cn1. The van der Waals surface area contributed by atoms with Crippen molar-refractivity contribution in [2.75, 3.05) is 31.6 Å². The van der Waals surface area contributed by atoms with Crippen molar-refractivity contribution in [2.45, 2.75) is 31.6 Å². The van der Waals surface area contributed by atoms with Crippen molar-refractivity contribution in [1.29, 1.82) is 0 Å². The number of pyridine rings is 1. The molecule has 0 saturated carbocycles. The molecule has 1 aliphatic rings. The van der Waals surface area contributed by atoms with Crippen LogP contribution < -0.4 is 10.6 Å². The molecule has 2 heterocycles. The second kappa shape index (κ2) is 9.35. The maximum Gasteiger partial charge on any atom is 0.255 e. The lowest BCUT2D eigenvalue weighted by Gasteiger charge is -2.21. The number of amides is 2. The average Bonchev–Trinajstić information content (AvgIpc) is 2.98. The predicted octanol–water partition coefficient (Wildman–Crippen LogP) is 2.80. The van der Waals surface area contributed by atoms with Crippen LogP contribution in [0.3, 0.4) is 0 Å². The number of anilines is 1. The summed E-state index contributed by atoms with van der Waals surface area (Å²) >= 11 is 0. The highest BCUT2D eigenvalue weighted by Gasteiger charge is 2.22. The summed E-state index contributed by atoms with van der Waals surface area (Å²) in [5.41, 5.74) is 7.15. The van der Waals surface area contributed by atoms with Gasteiger partial charge < -0.3 is 15.5 Å². The Balaban J connectivity index is 1.60. The zero-order chi connectivity index (χ0) is 19.9. The fraction of sp³-hybridized carbons (Fsp3) is 0.409. The van der Waals surface area contributed by atoms with Crippen LogP contribution in [0, 0.1) is 0 Å². The first-order valence-electron chi connectivity index (χ1n) is 9.84. The largest absolute Gasteiger partial charge is 0.370 e. The number of primary amides is 1. The number of hydrogen-bond acceptors (Lipinski definition) is 4. The van der Waals surface area contributed by atoms with Gasteiger partial charge in [0.2, 0.25) is 5.91 Å². The molecule has 28 heavy (non-hydrogen) atoms. The van der Waals surface area contributed by atoms with Crippen LogP contribution in [0.15, 0.2) is 48.7 Å². The highest BCUT2D eigenvalue weighted by Crippen LogP contribution is 2.28. The van der Waals surface area contributed by atoms with Crippen LogP contribution in [0.4, 0.5) is 5.82 Å². The Hall–Kier alpha value is -2.89. The van der Waals surface area contributed by atoms with E-state index in [1.54, 1.807) is 6.20 Å². The summed E-state index contributed by atoms with van der Waals surface area (Å²) in [6, 6.07) is 14.2. The van der Waals surface area contributed by atoms with Gasteiger partial charge in [-0.1, -0.05) is 30.3 Å². The number of aromatic nitrogens is 1. The Bertz CT molecular complexity index is 792. The quantitative estimate of drug-likeness (QED) is 0.836. The van der Waals surface area contributed by atoms with E-state index in [2.05, 4.69) is 29.2 Å². The standard InChI is InChI=1S/C22H28N4O2/c1-25(14-12-20(23)27)21-10-9-19(16-24-21)22(28)26-13-5-8-18(11-15-26)17-6-3-2-4-7-17/h2-4,6-7,9-10,16,18H,5,8,11-15H2,1H3,(H2,23,27)/t18-/m0/s1. The number of rotatable bonds is 6. The average molecular weight is 380 g/mol. The summed E-state index contributed by atoms with van der Waals surface area (Å²) in [5, 5.41) is 0. The molecule has 2 amide bonds. The molecule has 2 N–H and O–H groups in total. The van der Waals surface area contributed by atoms with Gasteiger partial charge in [0.05, 0.1) is 5.56 Å². The van der Waals surface area contributed by atoms with Crippen molar-refractivity contribution < 1.29 is 9.59 Å². The lowest BCUT2D eigenvalue weighted by molar-refractivity contribution is -0.117. The maximum atomic E-state index is 12.9. The van der Waals surface area contributed by atoms with Crippen LogP contribution in [0.25, 0.3) is 0 Å². The molecule has 0 bridgehead atoms. The normalized spacial score (nSPS) is 17.0. The second-order valence-corrected chi connectivity index (χ2v) is 7.37. The third-order valence-corrected chi connectivity index (χ3v) is 5.37. The molecule has 2 aromatic rings. The number of carbonyl (C=O) groups is 2. The Labute approximate surface area is 166 Å². The van der Waals surface area contributed by atoms with Crippen LogP contribution >= 0.6 is 0 Å². The van der Waals surface area contributed by atoms with Gasteiger partial charge >= 0.3 is 0 Å². The summed E-state index contributed by atoms with van der Waals surface area (Å²) in [6.07, 6.45) is 4.99. The molecule has 1 aromatic carbocycles. The van der Waals surface area contributed by atoms with Crippen LogP contribution in [0.5, 0.6) is 0 Å². The van der Waals surface area contributed by atoms with E-state index >= 15 is 0 Å². The van der Waals surface area contributed by atoms with E-state index < -0.39 is 0 Å². The zero-order valence-corrected chi connectivity index (χ0v) is 16.4. The first kappa shape index (κ1) is 19.9. The van der Waals surface area contributed by atoms with E-state index in [4.69, 9.17) is 5.73 Å². The minimum atomic E-state index is -0.339. The molecule has 6 heteroatoms. The van der Waals surface area contributed by atoms with Gasteiger partial charge in [0.15, 0.2) is 0 Å². The van der Waals surface area contributed by atoms with Crippen molar-refractivity contribution in [3.8, 4) is 0 Å². The highest BCUT2D eigenvalue weighted by molar-refractivity contribution is 5.94. The number of hydrogen-bond donors (Lipinski definition) is 1. The van der Waals surface area contributed by atoms with Crippen molar-refractivity contribution in [1.82, 2.24) is 9.88 Å². The van der Waals surface area contributed by atoms with E-state index in [1.807, 2.05) is 35.0 Å². The zero-order valence-electron chi connectivity index (χ0n) is 16.4. The summed E-state index contributed by atoms with van der Waals surface area (Å²) in [4.78, 5) is 32.0. The van der Waals surface area contributed by atoms with E-state index in [0.29, 0.717) is 18.0 Å². The van der Waals surface area contributed by atoms with Gasteiger partial charge in [0, 0.05) is 39.3 Å². The molecule has 148 valence electrons. The molecule has 0 spiro atoms. The monoisotopic (exact) mass is 380 g/mol. The minimum Gasteiger partial charge on any atom is -0.370 e. The molecule has 1 atom stereocenters. The first-order chi connectivity index (χ1) is 13.5. The molecule has 1 aromatic heterocycles. The fourth-order valence-corrected chi connectivity index (χ4v) is 3.67. The van der Waals surface area contributed by atoms with Crippen LogP contribution in [-0.2, 0) is 4.79 Å². The molecule has 0 radical (unpaired) electrons. The van der Waals surface area contributed by atoms with E-state index in [0.717, 1.165) is 38.2 Å². The van der Waals surface area contributed by atoms with Crippen LogP contribution in [0.2, 0.25) is 0 Å². The summed E-state index contributed by atoms with van der Waals surface area (Å²) in [7, 11) is 1.85. The van der Waals surface area contributed by atoms with Crippen molar-refractivity contribution in [3.63, 3.8) is 0 Å². The van der Waals surface area contributed by atoms with Crippen LogP contribution in [0.1, 0.15) is 47.5 Å². The molecule has 3 rings (SSSR count). The molecule has 0 aliphatic carbocycles. The van der Waals surface area contributed by atoms with Crippen molar-refractivity contribution in [2.24, 2.45) is 5.73 Å². The summed E-state index contributed by atoms with van der Waals surface area (Å²) < 4.78 is 0. The number of nitrogens with two attached hydrogens (primary N) is 1. The molecule has 1 aliphatic heterocycles. The lowest BCUT2D eigenvalue weighted by Crippen LogP contribution is -2.32. The molecule has 1 saturated heterocycles. The molecule has 1 fully saturated rings. The topological polar surface area (TPSA) is 79.5 Å². The second-order valence-electron chi connectivity index (χ2n) is 7.37. The lowest BCUT2D eigenvalue weighted by atomic mass is 9.92. The Morgan fingerprint density at radius 1 is 1.14 bits per heavy atom. The van der Waals surface area contributed by atoms with Crippen molar-refractivity contribution >= 4 is 17.6 Å². The highest BCUT2D eigenvalue weighted by atomic mass is 16.2. The summed E-state index contributed by atoms with van der Waals surface area (Å²) in [5.74, 6) is 0.928. The molecule has 0 unspecified atom stereocenters. The molecular formula is C22H28N4O2. The Morgan fingerprint density at radius 3 is 2.61 bits per heavy atom. The Morgan fingerprint density at radius 2 is 1.93 bits per heavy atom. The number of likely N-dealkylation sites (tertiary alicyclic amines) is 1. The fourth-order valence-electron chi connectivity index (χ4n) is 3.67. The predicted molar refractivity (Wildman–Crippen MR) is 110 cm³/mol. The van der Waals surface area contributed by atoms with Gasteiger partial charge in [0.1, 0.15) is 5.82 Å². The van der Waals surface area contributed by atoms with Gasteiger partial charge in [-0.05, 0) is 42.9 Å². The van der Waals surface area contributed by atoms with Gasteiger partial charge in [-0.25, -0.2) is 4.98 Å². The molecular weight excluding hydrogens is 352 g/mol. The van der Waals surface area contributed by atoms with E-state index in [9.17, 15) is 9.59 Å². The number of nitrogens with zero attached hydrogens (tertiary/aromatic N) is 3. The van der Waals surface area contributed by atoms with Gasteiger partial charge in [-0.3, -0.25) is 9.59 Å². The van der Waals surface area contributed by atoms with E-state index in [1.165, 1.54) is 5.56 Å². The van der Waals surface area contributed by atoms with Gasteiger partial charge in [-0.15, -0.1) is 0 Å². The third kappa shape index (κ3) is 5.09. The summed E-state index contributed by atoms with van der Waals surface area (Å²) in [6.45, 7) is 2.05. The van der Waals surface area contributed by atoms with E-state index in [-0.39, 0.29) is 18.2 Å². The number of benzene rings is 1. The van der Waals surface area contributed by atoms with Crippen molar-refractivity contribution in [3.05, 3.63) is 59.8 Å². The molecule has 6 nitrogen and oxygen atoms in total. The van der Waals surface area contributed by atoms with Gasteiger partial charge in [-0.2, -0.15) is 0 Å². The maximum absolute atomic E-state index is 12.9. The first-order valence-corrected chi connectivity index (χ1v) is 9.84. The van der Waals surface area contributed by atoms with Crippen LogP contribution in [-0.4, -0.2) is 48.4 Å². The third-order valence-electron chi connectivity index (χ3n) is 5.37. The number of carbonyl (C=O) groups excluding carboxylic acids is 2. The smallest absolute Gasteiger partial charge is 0.255 e. The Kier molecular flexibility index (Phi) is 6.63.